The van der Waals surface area contributed by atoms with Crippen LogP contribution in [0.3, 0.4) is 0 Å². The fraction of sp³-hybridized carbons (Fsp3) is 0.100. The van der Waals surface area contributed by atoms with E-state index >= 15 is 0 Å². The van der Waals surface area contributed by atoms with Crippen LogP contribution in [0.4, 0.5) is 14.6 Å². The molecular formula is C10H6BrF2N3O2. The van der Waals surface area contributed by atoms with Crippen molar-refractivity contribution < 1.29 is 13.7 Å². The normalized spacial score (nSPS) is 10.6. The van der Waals surface area contributed by atoms with Gasteiger partial charge in [0.05, 0.1) is 17.8 Å². The average molecular weight is 318 g/mol. The Hall–Kier alpha value is -1.83. The van der Waals surface area contributed by atoms with E-state index in [-0.39, 0.29) is 16.8 Å². The molecule has 0 bridgehead atoms. The van der Waals surface area contributed by atoms with Crippen LogP contribution in [0.5, 0.6) is 0 Å². The number of hydrogen-bond donors (Lipinski definition) is 0. The number of hydrogen-bond acceptors (Lipinski definition) is 3. The molecule has 1 heterocycles. The Morgan fingerprint density at radius 2 is 1.94 bits per heavy atom. The van der Waals surface area contributed by atoms with Gasteiger partial charge in [-0.3, -0.25) is 0 Å². The first-order valence-corrected chi connectivity index (χ1v) is 5.57. The largest absolute Gasteiger partial charge is 0.404 e. The minimum Gasteiger partial charge on any atom is -0.358 e. The lowest BCUT2D eigenvalue weighted by Crippen LogP contribution is -2.02. The standard InChI is InChI=1S/C10H6BrF2N3O2/c11-9-5-15(14-10(9)16(17)18)4-6-1-7(12)3-8(13)2-6/h1-3,5H,4H2. The van der Waals surface area contributed by atoms with E-state index in [1.54, 1.807) is 0 Å². The van der Waals surface area contributed by atoms with E-state index in [0.717, 1.165) is 18.2 Å². The van der Waals surface area contributed by atoms with Gasteiger partial charge in [0.2, 0.25) is 0 Å². The second kappa shape index (κ2) is 4.81. The number of halogens is 3. The Labute approximate surface area is 108 Å². The average Bonchev–Trinajstić information content (AvgIpc) is 2.57. The van der Waals surface area contributed by atoms with Crippen molar-refractivity contribution in [3.05, 3.63) is 56.2 Å². The van der Waals surface area contributed by atoms with Crippen LogP contribution in [0, 0.1) is 21.7 Å². The summed E-state index contributed by atoms with van der Waals surface area (Å²) in [6.45, 7) is 0.0428. The predicted molar refractivity (Wildman–Crippen MR) is 62.0 cm³/mol. The van der Waals surface area contributed by atoms with E-state index in [4.69, 9.17) is 0 Å². The zero-order valence-corrected chi connectivity index (χ0v) is 10.4. The second-order valence-corrected chi connectivity index (χ2v) is 4.39. The molecule has 1 aromatic carbocycles. The third kappa shape index (κ3) is 2.70. The van der Waals surface area contributed by atoms with Crippen LogP contribution < -0.4 is 0 Å². The van der Waals surface area contributed by atoms with Crippen molar-refractivity contribution in [3.63, 3.8) is 0 Å². The van der Waals surface area contributed by atoms with Gasteiger partial charge < -0.3 is 10.1 Å². The maximum Gasteiger partial charge on any atom is 0.404 e. The van der Waals surface area contributed by atoms with Crippen molar-refractivity contribution in [3.8, 4) is 0 Å². The van der Waals surface area contributed by atoms with Gasteiger partial charge in [0.25, 0.3) is 0 Å². The molecule has 0 aliphatic carbocycles. The minimum absolute atomic E-state index is 0.0428. The third-order valence-corrected chi connectivity index (χ3v) is 2.70. The molecule has 0 spiro atoms. The highest BCUT2D eigenvalue weighted by atomic mass is 79.9. The minimum atomic E-state index is -0.703. The first kappa shape index (κ1) is 12.6. The SMILES string of the molecule is O=[N+]([O-])c1nn(Cc2cc(F)cc(F)c2)cc1Br. The number of benzene rings is 1. The molecule has 0 saturated carbocycles. The maximum atomic E-state index is 13.0. The van der Waals surface area contributed by atoms with E-state index < -0.39 is 16.6 Å². The zero-order chi connectivity index (χ0) is 13.3. The second-order valence-electron chi connectivity index (χ2n) is 3.53. The molecule has 1 aromatic heterocycles. The zero-order valence-electron chi connectivity index (χ0n) is 8.81. The van der Waals surface area contributed by atoms with E-state index in [1.165, 1.54) is 10.9 Å². The van der Waals surface area contributed by atoms with Crippen LogP contribution in [-0.4, -0.2) is 14.7 Å². The summed E-state index contributed by atoms with van der Waals surface area (Å²) in [5, 5.41) is 14.3. The van der Waals surface area contributed by atoms with Crippen LogP contribution in [-0.2, 0) is 6.54 Å². The molecule has 2 rings (SSSR count). The van der Waals surface area contributed by atoms with Crippen molar-refractivity contribution >= 4 is 21.7 Å². The molecule has 18 heavy (non-hydrogen) atoms. The number of aromatic nitrogens is 2. The summed E-state index contributed by atoms with van der Waals surface area (Å²) in [6, 6.07) is 3.04. The Bertz CT molecular complexity index is 595. The monoisotopic (exact) mass is 317 g/mol. The van der Waals surface area contributed by atoms with Gasteiger partial charge in [0, 0.05) is 6.07 Å². The molecule has 0 radical (unpaired) electrons. The Morgan fingerprint density at radius 3 is 2.44 bits per heavy atom. The van der Waals surface area contributed by atoms with Crippen LogP contribution in [0.2, 0.25) is 0 Å². The maximum absolute atomic E-state index is 13.0. The van der Waals surface area contributed by atoms with E-state index in [0.29, 0.717) is 5.56 Å². The first-order valence-electron chi connectivity index (χ1n) is 4.78. The summed E-state index contributed by atoms with van der Waals surface area (Å²) >= 11 is 2.99. The fourth-order valence-corrected chi connectivity index (χ4v) is 1.94. The van der Waals surface area contributed by atoms with Gasteiger partial charge >= 0.3 is 5.82 Å². The van der Waals surface area contributed by atoms with Gasteiger partial charge in [-0.05, 0) is 38.5 Å². The number of rotatable bonds is 3. The van der Waals surface area contributed by atoms with Gasteiger partial charge in [-0.15, -0.1) is 0 Å². The van der Waals surface area contributed by atoms with Gasteiger partial charge in [-0.1, -0.05) is 0 Å². The Kier molecular flexibility index (Phi) is 3.37. The van der Waals surface area contributed by atoms with Gasteiger partial charge in [0.15, 0.2) is 0 Å². The summed E-state index contributed by atoms with van der Waals surface area (Å²) < 4.78 is 27.4. The Morgan fingerprint density at radius 1 is 1.33 bits per heavy atom. The summed E-state index contributed by atoms with van der Waals surface area (Å²) in [5.41, 5.74) is 0.331. The highest BCUT2D eigenvalue weighted by Crippen LogP contribution is 2.22. The molecule has 0 aliphatic heterocycles. The van der Waals surface area contributed by atoms with Gasteiger partial charge in [-0.25, -0.2) is 8.78 Å². The summed E-state index contributed by atoms with van der Waals surface area (Å²) in [4.78, 5) is 9.93. The van der Waals surface area contributed by atoms with Crippen LogP contribution in [0.1, 0.15) is 5.56 Å². The van der Waals surface area contributed by atoms with E-state index in [2.05, 4.69) is 21.0 Å². The smallest absolute Gasteiger partial charge is 0.358 e. The fourth-order valence-electron chi connectivity index (χ4n) is 1.48. The van der Waals surface area contributed by atoms with Crippen LogP contribution >= 0.6 is 15.9 Å². The van der Waals surface area contributed by atoms with Crippen molar-refractivity contribution in [2.75, 3.05) is 0 Å². The molecule has 0 unspecified atom stereocenters. The third-order valence-electron chi connectivity index (χ3n) is 2.14. The predicted octanol–water partition coefficient (Wildman–Crippen LogP) is 2.88. The topological polar surface area (TPSA) is 61.0 Å². The van der Waals surface area contributed by atoms with Crippen molar-refractivity contribution in [1.82, 2.24) is 9.78 Å². The molecule has 0 fully saturated rings. The molecule has 94 valence electrons. The quantitative estimate of drug-likeness (QED) is 0.646. The Balaban J connectivity index is 2.28. The molecular weight excluding hydrogens is 312 g/mol. The van der Waals surface area contributed by atoms with Gasteiger partial charge in [0.1, 0.15) is 16.1 Å². The van der Waals surface area contributed by atoms with Crippen LogP contribution in [0.25, 0.3) is 0 Å². The molecule has 0 aliphatic rings. The lowest BCUT2D eigenvalue weighted by atomic mass is 10.2. The summed E-state index contributed by atoms with van der Waals surface area (Å²) in [7, 11) is 0. The van der Waals surface area contributed by atoms with Crippen molar-refractivity contribution in [2.24, 2.45) is 0 Å². The van der Waals surface area contributed by atoms with E-state index in [9.17, 15) is 18.9 Å². The van der Waals surface area contributed by atoms with Crippen LogP contribution in [0.15, 0.2) is 28.9 Å². The highest BCUT2D eigenvalue weighted by Gasteiger charge is 2.18. The summed E-state index contributed by atoms with van der Waals surface area (Å²) in [6.07, 6.45) is 1.38. The first-order chi connectivity index (χ1) is 8.45. The molecule has 8 heteroatoms. The molecule has 0 atom stereocenters. The summed E-state index contributed by atoms with van der Waals surface area (Å²) in [5.74, 6) is -1.75. The molecule has 5 nitrogen and oxygen atoms in total. The molecule has 0 amide bonds. The van der Waals surface area contributed by atoms with Gasteiger partial charge in [-0.2, -0.15) is 4.68 Å². The molecule has 0 N–H and O–H groups in total. The molecule has 2 aromatic rings. The van der Waals surface area contributed by atoms with Crippen molar-refractivity contribution in [2.45, 2.75) is 6.54 Å². The lowest BCUT2D eigenvalue weighted by Gasteiger charge is -1.99. The number of nitrogens with zero attached hydrogens (tertiary/aromatic N) is 3. The lowest BCUT2D eigenvalue weighted by molar-refractivity contribution is -0.390. The molecule has 0 saturated heterocycles. The highest BCUT2D eigenvalue weighted by molar-refractivity contribution is 9.10. The van der Waals surface area contributed by atoms with Crippen molar-refractivity contribution in [1.29, 1.82) is 0 Å². The van der Waals surface area contributed by atoms with E-state index in [1.807, 2.05) is 0 Å². The number of nitro groups is 1.